The number of amides is 1. The zero-order valence-corrected chi connectivity index (χ0v) is 15.7. The van der Waals surface area contributed by atoms with Crippen LogP contribution in [0.1, 0.15) is 17.4 Å². The summed E-state index contributed by atoms with van der Waals surface area (Å²) in [6.07, 6.45) is 0. The third kappa shape index (κ3) is 3.72. The van der Waals surface area contributed by atoms with Crippen molar-refractivity contribution in [2.75, 3.05) is 14.2 Å². The van der Waals surface area contributed by atoms with Crippen LogP contribution in [0.3, 0.4) is 0 Å². The second-order valence-electron chi connectivity index (χ2n) is 5.87. The number of nitrogens with one attached hydrogen (secondary N) is 1. The largest absolute Gasteiger partial charge is 0.493 e. The van der Waals surface area contributed by atoms with Gasteiger partial charge in [0.25, 0.3) is 5.56 Å². The van der Waals surface area contributed by atoms with E-state index in [0.29, 0.717) is 29.1 Å². The van der Waals surface area contributed by atoms with E-state index in [9.17, 15) is 9.59 Å². The molecule has 0 bridgehead atoms. The summed E-state index contributed by atoms with van der Waals surface area (Å²) in [5.74, 6) is 1.05. The van der Waals surface area contributed by atoms with Gasteiger partial charge in [0.1, 0.15) is 0 Å². The van der Waals surface area contributed by atoms with E-state index >= 15 is 0 Å². The molecule has 0 saturated heterocycles. The number of thiophene rings is 1. The Bertz CT molecular complexity index is 979. The van der Waals surface area contributed by atoms with Gasteiger partial charge in [-0.1, -0.05) is 6.07 Å². The third-order valence-corrected chi connectivity index (χ3v) is 5.02. The molecule has 0 spiro atoms. The first-order valence-corrected chi connectivity index (χ1v) is 8.95. The van der Waals surface area contributed by atoms with Crippen LogP contribution in [0.4, 0.5) is 0 Å². The molecule has 0 fully saturated rings. The van der Waals surface area contributed by atoms with Crippen molar-refractivity contribution in [2.45, 2.75) is 20.0 Å². The predicted octanol–water partition coefficient (Wildman–Crippen LogP) is 3.16. The number of ether oxygens (including phenoxy) is 2. The maximum absolute atomic E-state index is 12.5. The molecule has 2 heterocycles. The van der Waals surface area contributed by atoms with E-state index in [-0.39, 0.29) is 18.0 Å². The number of hydrogen-bond acceptors (Lipinski definition) is 5. The smallest absolute Gasteiger partial charge is 0.253 e. The Hall–Kier alpha value is -2.80. The SMILES string of the molecule is COc1cc2cc(CN(Cc3cccs3)C(C)=O)c(=O)[nH]c2cc1OC. The average Bonchev–Trinajstić information content (AvgIpc) is 3.13. The highest BCUT2D eigenvalue weighted by molar-refractivity contribution is 7.09. The lowest BCUT2D eigenvalue weighted by molar-refractivity contribution is -0.130. The molecule has 2 aromatic heterocycles. The Morgan fingerprint density at radius 3 is 2.50 bits per heavy atom. The van der Waals surface area contributed by atoms with Crippen molar-refractivity contribution in [3.63, 3.8) is 0 Å². The lowest BCUT2D eigenvalue weighted by Crippen LogP contribution is -2.30. The summed E-state index contributed by atoms with van der Waals surface area (Å²) >= 11 is 1.58. The minimum Gasteiger partial charge on any atom is -0.493 e. The molecule has 0 saturated carbocycles. The van der Waals surface area contributed by atoms with E-state index in [1.165, 1.54) is 6.92 Å². The number of rotatable bonds is 6. The van der Waals surface area contributed by atoms with Gasteiger partial charge in [0.15, 0.2) is 11.5 Å². The van der Waals surface area contributed by atoms with Gasteiger partial charge < -0.3 is 19.4 Å². The fraction of sp³-hybridized carbons (Fsp3) is 0.263. The monoisotopic (exact) mass is 372 g/mol. The number of carbonyl (C=O) groups is 1. The predicted molar refractivity (Wildman–Crippen MR) is 102 cm³/mol. The third-order valence-electron chi connectivity index (χ3n) is 4.16. The van der Waals surface area contributed by atoms with Gasteiger partial charge in [-0.15, -0.1) is 11.3 Å². The highest BCUT2D eigenvalue weighted by Gasteiger charge is 2.15. The quantitative estimate of drug-likeness (QED) is 0.721. The van der Waals surface area contributed by atoms with Crippen molar-refractivity contribution in [1.82, 2.24) is 9.88 Å². The van der Waals surface area contributed by atoms with Crippen LogP contribution < -0.4 is 15.0 Å². The highest BCUT2D eigenvalue weighted by atomic mass is 32.1. The molecule has 0 aliphatic rings. The number of pyridine rings is 1. The van der Waals surface area contributed by atoms with Crippen LogP contribution in [0.5, 0.6) is 11.5 Å². The van der Waals surface area contributed by atoms with E-state index in [1.807, 2.05) is 23.6 Å². The molecule has 6 nitrogen and oxygen atoms in total. The Kier molecular flexibility index (Phi) is 5.27. The minimum absolute atomic E-state index is 0.0785. The Morgan fingerprint density at radius 2 is 1.88 bits per heavy atom. The summed E-state index contributed by atoms with van der Waals surface area (Å²) in [6, 6.07) is 9.25. The number of aromatic nitrogens is 1. The van der Waals surface area contributed by atoms with E-state index < -0.39 is 0 Å². The first-order chi connectivity index (χ1) is 12.5. The molecular weight excluding hydrogens is 352 g/mol. The van der Waals surface area contributed by atoms with Gasteiger partial charge in [0.2, 0.25) is 5.91 Å². The fourth-order valence-electron chi connectivity index (χ4n) is 2.77. The Morgan fingerprint density at radius 1 is 1.15 bits per heavy atom. The molecule has 0 aliphatic carbocycles. The maximum Gasteiger partial charge on any atom is 0.253 e. The van der Waals surface area contributed by atoms with Crippen molar-refractivity contribution >= 4 is 28.1 Å². The standard InChI is InChI=1S/C19H20N2O4S/c1-12(22)21(11-15-5-4-6-26-15)10-14-7-13-8-17(24-2)18(25-3)9-16(13)20-19(14)23/h4-9H,10-11H2,1-3H3,(H,20,23). The second kappa shape index (κ2) is 7.61. The van der Waals surface area contributed by atoms with Gasteiger partial charge in [-0.2, -0.15) is 0 Å². The average molecular weight is 372 g/mol. The van der Waals surface area contributed by atoms with Crippen LogP contribution in [-0.2, 0) is 17.9 Å². The van der Waals surface area contributed by atoms with Crippen molar-refractivity contribution in [1.29, 1.82) is 0 Å². The summed E-state index contributed by atoms with van der Waals surface area (Å²) in [7, 11) is 3.11. The molecule has 1 N–H and O–H groups in total. The van der Waals surface area contributed by atoms with Crippen molar-refractivity contribution in [2.24, 2.45) is 0 Å². The highest BCUT2D eigenvalue weighted by Crippen LogP contribution is 2.31. The zero-order valence-electron chi connectivity index (χ0n) is 14.9. The van der Waals surface area contributed by atoms with Crippen LogP contribution in [0.2, 0.25) is 0 Å². The van der Waals surface area contributed by atoms with E-state index in [0.717, 1.165) is 10.3 Å². The van der Waals surface area contributed by atoms with Crippen LogP contribution >= 0.6 is 11.3 Å². The lowest BCUT2D eigenvalue weighted by atomic mass is 10.1. The molecule has 136 valence electrons. The molecule has 0 atom stereocenters. The number of methoxy groups -OCH3 is 2. The number of H-pyrrole nitrogens is 1. The molecule has 0 radical (unpaired) electrons. The summed E-state index contributed by atoms with van der Waals surface area (Å²) in [4.78, 5) is 30.1. The van der Waals surface area contributed by atoms with Crippen molar-refractivity contribution in [3.8, 4) is 11.5 Å². The Balaban J connectivity index is 1.96. The van der Waals surface area contributed by atoms with Gasteiger partial charge in [0.05, 0.1) is 32.8 Å². The van der Waals surface area contributed by atoms with Crippen LogP contribution in [0.15, 0.2) is 40.5 Å². The van der Waals surface area contributed by atoms with E-state index in [2.05, 4.69) is 4.98 Å². The first-order valence-electron chi connectivity index (χ1n) is 8.07. The van der Waals surface area contributed by atoms with E-state index in [1.54, 1.807) is 42.6 Å². The number of fused-ring (bicyclic) bond motifs is 1. The van der Waals surface area contributed by atoms with Gasteiger partial charge in [-0.05, 0) is 23.6 Å². The number of nitrogens with zero attached hydrogens (tertiary/aromatic N) is 1. The van der Waals surface area contributed by atoms with Crippen molar-refractivity contribution in [3.05, 3.63) is 56.5 Å². The van der Waals surface area contributed by atoms with Crippen LogP contribution in [0, 0.1) is 0 Å². The minimum atomic E-state index is -0.220. The molecule has 3 aromatic rings. The van der Waals surface area contributed by atoms with Crippen LogP contribution in [-0.4, -0.2) is 30.0 Å². The summed E-state index contributed by atoms with van der Waals surface area (Å²) < 4.78 is 10.6. The van der Waals surface area contributed by atoms with Gasteiger partial charge in [0, 0.05) is 28.8 Å². The number of benzene rings is 1. The van der Waals surface area contributed by atoms with E-state index in [4.69, 9.17) is 9.47 Å². The summed E-state index contributed by atoms with van der Waals surface area (Å²) in [5.41, 5.74) is 0.961. The molecule has 3 rings (SSSR count). The molecular formula is C19H20N2O4S. The van der Waals surface area contributed by atoms with Gasteiger partial charge in [-0.3, -0.25) is 9.59 Å². The molecule has 0 aliphatic heterocycles. The molecule has 7 heteroatoms. The van der Waals surface area contributed by atoms with Crippen molar-refractivity contribution < 1.29 is 14.3 Å². The number of aromatic amines is 1. The fourth-order valence-corrected chi connectivity index (χ4v) is 3.49. The van der Waals surface area contributed by atoms with Crippen LogP contribution in [0.25, 0.3) is 10.9 Å². The number of hydrogen-bond donors (Lipinski definition) is 1. The molecule has 0 unspecified atom stereocenters. The molecule has 26 heavy (non-hydrogen) atoms. The lowest BCUT2D eigenvalue weighted by Gasteiger charge is -2.20. The first kappa shape index (κ1) is 18.0. The summed E-state index contributed by atoms with van der Waals surface area (Å²) in [6.45, 7) is 2.24. The number of carbonyl (C=O) groups excluding carboxylic acids is 1. The second-order valence-corrected chi connectivity index (χ2v) is 6.90. The molecule has 1 amide bonds. The topological polar surface area (TPSA) is 71.6 Å². The summed E-state index contributed by atoms with van der Waals surface area (Å²) in [5, 5.41) is 2.78. The Labute approximate surface area is 155 Å². The zero-order chi connectivity index (χ0) is 18.7. The normalized spacial score (nSPS) is 10.7. The molecule has 1 aromatic carbocycles. The van der Waals surface area contributed by atoms with Gasteiger partial charge in [-0.25, -0.2) is 0 Å². The maximum atomic E-state index is 12.5. The van der Waals surface area contributed by atoms with Gasteiger partial charge >= 0.3 is 0 Å².